The molecule has 0 aliphatic carbocycles. The van der Waals surface area contributed by atoms with Gasteiger partial charge >= 0.3 is 0 Å². The highest BCUT2D eigenvalue weighted by molar-refractivity contribution is 6.22. The molecule has 0 aliphatic heterocycles. The van der Waals surface area contributed by atoms with Crippen molar-refractivity contribution in [2.24, 2.45) is 0 Å². The van der Waals surface area contributed by atoms with Crippen LogP contribution in [0.1, 0.15) is 0 Å². The van der Waals surface area contributed by atoms with Gasteiger partial charge in [-0.1, -0.05) is 97.1 Å². The van der Waals surface area contributed by atoms with Gasteiger partial charge in [-0.3, -0.25) is 40.5 Å². The molecule has 0 heterocycles. The number of fused-ring (bicyclic) bond motifs is 2. The van der Waals surface area contributed by atoms with Crippen molar-refractivity contribution in [3.63, 3.8) is 0 Å². The van der Waals surface area contributed by atoms with E-state index >= 15 is 0 Å². The van der Waals surface area contributed by atoms with Crippen LogP contribution in [0.4, 0.5) is 22.7 Å². The predicted octanol–water partition coefficient (Wildman–Crippen LogP) is 13.6. The maximum atomic E-state index is 11.9. The van der Waals surface area contributed by atoms with Crippen molar-refractivity contribution in [3.8, 4) is 66.8 Å². The first-order chi connectivity index (χ1) is 30.0. The van der Waals surface area contributed by atoms with E-state index < -0.39 is 19.7 Å². The molecule has 0 N–H and O–H groups in total. The zero-order valence-corrected chi connectivity index (χ0v) is 32.4. The first kappa shape index (κ1) is 38.6. The van der Waals surface area contributed by atoms with Crippen LogP contribution in [0.5, 0.6) is 0 Å². The van der Waals surface area contributed by atoms with Crippen LogP contribution in [0.3, 0.4) is 0 Å². The fraction of sp³-hybridized carbons (Fsp3) is 0. The van der Waals surface area contributed by atoms with E-state index in [4.69, 9.17) is 0 Å². The smallest absolute Gasteiger partial charge is 0.258 e. The van der Waals surface area contributed by atoms with Crippen LogP contribution in [0.25, 0.3) is 88.3 Å². The van der Waals surface area contributed by atoms with E-state index in [1.807, 2.05) is 84.9 Å². The lowest BCUT2D eigenvalue weighted by atomic mass is 9.83. The highest BCUT2D eigenvalue weighted by Gasteiger charge is 2.21. The molecule has 0 bridgehead atoms. The molecule has 298 valence electrons. The minimum Gasteiger partial charge on any atom is -0.258 e. The maximum Gasteiger partial charge on any atom is 0.270 e. The van der Waals surface area contributed by atoms with Gasteiger partial charge in [-0.2, -0.15) is 0 Å². The van der Waals surface area contributed by atoms with E-state index in [0.29, 0.717) is 44.5 Å². The Morgan fingerprint density at radius 2 is 0.468 bits per heavy atom. The molecule has 0 fully saturated rings. The molecule has 0 unspecified atom stereocenters. The normalized spacial score (nSPS) is 11.1. The summed E-state index contributed by atoms with van der Waals surface area (Å²) in [7, 11) is 0. The maximum absolute atomic E-state index is 11.9. The van der Waals surface area contributed by atoms with Gasteiger partial charge in [0.2, 0.25) is 0 Å². The van der Waals surface area contributed by atoms with Crippen LogP contribution in [0.2, 0.25) is 0 Å². The summed E-state index contributed by atoms with van der Waals surface area (Å²) in [5.41, 5.74) is 7.91. The van der Waals surface area contributed by atoms with Crippen molar-refractivity contribution in [2.45, 2.75) is 0 Å². The molecule has 9 rings (SSSR count). The van der Waals surface area contributed by atoms with Crippen LogP contribution >= 0.6 is 0 Å². The zero-order valence-electron chi connectivity index (χ0n) is 32.4. The number of rotatable bonds is 10. The van der Waals surface area contributed by atoms with Gasteiger partial charge in [-0.15, -0.1) is 0 Å². The van der Waals surface area contributed by atoms with Crippen molar-refractivity contribution < 1.29 is 19.7 Å². The van der Waals surface area contributed by atoms with Crippen LogP contribution in [0, 0.1) is 40.5 Å². The van der Waals surface area contributed by atoms with Gasteiger partial charge in [0.1, 0.15) is 0 Å². The average Bonchev–Trinajstić information content (AvgIpc) is 3.30. The first-order valence-corrected chi connectivity index (χ1v) is 19.3. The Morgan fingerprint density at radius 1 is 0.242 bits per heavy atom. The molecular formula is C50H30N4O8. The van der Waals surface area contributed by atoms with E-state index in [2.05, 4.69) is 0 Å². The van der Waals surface area contributed by atoms with Gasteiger partial charge in [-0.25, -0.2) is 0 Å². The van der Waals surface area contributed by atoms with Crippen molar-refractivity contribution in [1.29, 1.82) is 0 Å². The Morgan fingerprint density at radius 3 is 0.694 bits per heavy atom. The second-order valence-electron chi connectivity index (χ2n) is 14.7. The summed E-state index contributed by atoms with van der Waals surface area (Å²) in [6, 6.07) is 52.8. The van der Waals surface area contributed by atoms with E-state index in [1.54, 1.807) is 48.5 Å². The Bertz CT molecular complexity index is 2920. The van der Waals surface area contributed by atoms with Gasteiger partial charge in [-0.05, 0) is 125 Å². The molecule has 0 aromatic heterocycles. The summed E-state index contributed by atoms with van der Waals surface area (Å²) in [5, 5.41) is 51.0. The Kier molecular flexibility index (Phi) is 9.77. The molecule has 0 spiro atoms. The number of nitrogens with zero attached hydrogens (tertiary/aromatic N) is 4. The predicted molar refractivity (Wildman–Crippen MR) is 241 cm³/mol. The van der Waals surface area contributed by atoms with Crippen molar-refractivity contribution >= 4 is 44.3 Å². The molecule has 0 amide bonds. The summed E-state index contributed by atoms with van der Waals surface area (Å²) < 4.78 is 0. The molecule has 12 nitrogen and oxygen atoms in total. The van der Waals surface area contributed by atoms with E-state index in [-0.39, 0.29) is 22.7 Å². The highest BCUT2D eigenvalue weighted by atomic mass is 16.6. The minimum absolute atomic E-state index is 0.0816. The van der Waals surface area contributed by atoms with Gasteiger partial charge in [0.15, 0.2) is 0 Å². The van der Waals surface area contributed by atoms with Crippen LogP contribution in [0.15, 0.2) is 182 Å². The standard InChI is InChI=1S/C50H30N4O8/c55-51(56)41-13-5-9-31(27-41)35-21-36(32-10-6-14-42(28-32)52(57)58)24-39(23-35)49-45-17-1-2-18-46(45)50(48-20-4-3-19-47(48)49)40-25-37(33-11-7-15-43(29-33)53(59)60)22-38(26-40)34-12-8-16-44(30-34)54(61)62/h1-30H. The van der Waals surface area contributed by atoms with Crippen LogP contribution < -0.4 is 0 Å². The Labute approximate surface area is 352 Å². The molecule has 0 atom stereocenters. The second kappa shape index (κ2) is 15.7. The average molecular weight is 815 g/mol. The van der Waals surface area contributed by atoms with Crippen LogP contribution in [-0.2, 0) is 0 Å². The first-order valence-electron chi connectivity index (χ1n) is 19.3. The van der Waals surface area contributed by atoms with Crippen LogP contribution in [-0.4, -0.2) is 19.7 Å². The fourth-order valence-corrected chi connectivity index (χ4v) is 8.16. The summed E-state index contributed by atoms with van der Waals surface area (Å²) in [6.45, 7) is 0. The molecule has 9 aromatic carbocycles. The molecule has 0 saturated heterocycles. The third kappa shape index (κ3) is 7.24. The number of nitro benzene ring substituents is 4. The molecule has 0 aliphatic rings. The number of benzene rings is 9. The molecule has 12 heteroatoms. The number of hydrogen-bond donors (Lipinski definition) is 0. The molecule has 62 heavy (non-hydrogen) atoms. The van der Waals surface area contributed by atoms with Gasteiger partial charge in [0.05, 0.1) is 19.7 Å². The minimum atomic E-state index is -0.451. The summed E-state index contributed by atoms with van der Waals surface area (Å²) in [4.78, 5) is 45.7. The quantitative estimate of drug-likeness (QED) is 0.0745. The van der Waals surface area contributed by atoms with Crippen molar-refractivity contribution in [1.82, 2.24) is 0 Å². The van der Waals surface area contributed by atoms with E-state index in [1.165, 1.54) is 48.5 Å². The molecule has 9 aromatic rings. The lowest BCUT2D eigenvalue weighted by molar-refractivity contribution is -0.385. The van der Waals surface area contributed by atoms with E-state index in [9.17, 15) is 40.5 Å². The lowest BCUT2D eigenvalue weighted by Gasteiger charge is -2.20. The highest BCUT2D eigenvalue weighted by Crippen LogP contribution is 2.47. The van der Waals surface area contributed by atoms with Crippen molar-refractivity contribution in [3.05, 3.63) is 222 Å². The van der Waals surface area contributed by atoms with Gasteiger partial charge in [0, 0.05) is 48.5 Å². The number of hydrogen-bond acceptors (Lipinski definition) is 8. The largest absolute Gasteiger partial charge is 0.270 e. The SMILES string of the molecule is O=[N+]([O-])c1cccc(-c2cc(-c3cccc([N+](=O)[O-])c3)cc(-c3c4ccccc4c(-c4cc(-c5cccc([N+](=O)[O-])c5)cc(-c5cccc([N+](=O)[O-])c5)c4)c4ccccc34)c2)c1. The van der Waals surface area contributed by atoms with Gasteiger partial charge in [0.25, 0.3) is 22.7 Å². The fourth-order valence-electron chi connectivity index (χ4n) is 8.16. The zero-order chi connectivity index (χ0) is 43.1. The molecule has 0 saturated carbocycles. The monoisotopic (exact) mass is 814 g/mol. The summed E-state index contributed by atoms with van der Waals surface area (Å²) >= 11 is 0. The number of nitro groups is 4. The third-order valence-corrected chi connectivity index (χ3v) is 10.9. The summed E-state index contributed by atoms with van der Waals surface area (Å²) in [6.07, 6.45) is 0. The Hall–Kier alpha value is -8.90. The van der Waals surface area contributed by atoms with Gasteiger partial charge < -0.3 is 0 Å². The second-order valence-corrected chi connectivity index (χ2v) is 14.7. The Balaban J connectivity index is 1.34. The molecular weight excluding hydrogens is 785 g/mol. The topological polar surface area (TPSA) is 173 Å². The third-order valence-electron chi connectivity index (χ3n) is 10.9. The lowest BCUT2D eigenvalue weighted by Crippen LogP contribution is -1.94. The number of non-ortho nitro benzene ring substituents is 4. The molecule has 0 radical (unpaired) electrons. The van der Waals surface area contributed by atoms with E-state index in [0.717, 1.165) is 43.8 Å². The summed E-state index contributed by atoms with van der Waals surface area (Å²) in [5.74, 6) is 0. The van der Waals surface area contributed by atoms with Crippen molar-refractivity contribution in [2.75, 3.05) is 0 Å².